The maximum absolute atomic E-state index is 12.3. The third-order valence-electron chi connectivity index (χ3n) is 5.82. The number of aromatic nitrogens is 1. The molecular formula is C34H44N6O7. The Labute approximate surface area is 275 Å². The molecule has 0 aliphatic heterocycles. The van der Waals surface area contributed by atoms with Crippen molar-refractivity contribution in [3.8, 4) is 11.8 Å². The quantitative estimate of drug-likeness (QED) is 0.162. The fraction of sp³-hybridized carbons (Fsp3) is 0.353. The van der Waals surface area contributed by atoms with Crippen LogP contribution in [-0.2, 0) is 20.9 Å². The number of ether oxygens (including phenoxy) is 1. The van der Waals surface area contributed by atoms with Crippen LogP contribution in [0.15, 0.2) is 77.3 Å². The number of nitrogens with zero attached hydrogens (tertiary/aromatic N) is 2. The fourth-order valence-electron chi connectivity index (χ4n) is 3.36. The van der Waals surface area contributed by atoms with Crippen LogP contribution in [0.3, 0.4) is 0 Å². The molecule has 0 aliphatic carbocycles. The minimum Gasteiger partial charge on any atom is -0.497 e. The van der Waals surface area contributed by atoms with Crippen molar-refractivity contribution in [2.75, 3.05) is 13.7 Å². The number of aryl methyl sites for hydroxylation is 2. The van der Waals surface area contributed by atoms with Crippen molar-refractivity contribution in [3.05, 3.63) is 95.4 Å². The lowest BCUT2D eigenvalue weighted by Crippen LogP contribution is -2.53. The summed E-state index contributed by atoms with van der Waals surface area (Å²) in [5.41, 5.74) is 1.68. The Morgan fingerprint density at radius 1 is 1.04 bits per heavy atom. The van der Waals surface area contributed by atoms with Crippen molar-refractivity contribution in [2.45, 2.75) is 65.8 Å². The zero-order valence-corrected chi connectivity index (χ0v) is 27.8. The molecule has 2 atom stereocenters. The van der Waals surface area contributed by atoms with Gasteiger partial charge in [-0.2, -0.15) is 5.26 Å². The van der Waals surface area contributed by atoms with Crippen molar-refractivity contribution in [3.63, 3.8) is 0 Å². The van der Waals surface area contributed by atoms with Gasteiger partial charge >= 0.3 is 0 Å². The number of hydrogen-bond acceptors (Lipinski definition) is 9. The van der Waals surface area contributed by atoms with Crippen molar-refractivity contribution in [2.24, 2.45) is 0 Å². The van der Waals surface area contributed by atoms with E-state index >= 15 is 0 Å². The summed E-state index contributed by atoms with van der Waals surface area (Å²) in [7, 11) is 1.66. The van der Waals surface area contributed by atoms with Gasteiger partial charge < -0.3 is 35.6 Å². The van der Waals surface area contributed by atoms with Crippen LogP contribution in [0.4, 0.5) is 0 Å². The Balaban J connectivity index is 0.000000472. The van der Waals surface area contributed by atoms with Gasteiger partial charge in [0.05, 0.1) is 19.8 Å². The number of benzene rings is 2. The lowest BCUT2D eigenvalue weighted by Gasteiger charge is -2.20. The SMILES string of the molecule is C=C(C#N)C(=O)NC(C)(C)C.COc1ccccc1.Cc1ccc(CNC(=O)CNC(=O)[C@@H](NC(=O)c2cc(C)on2)[C@@H](C)O)cc1. The molecule has 1 heterocycles. The molecule has 0 saturated heterocycles. The molecule has 1 aromatic heterocycles. The van der Waals surface area contributed by atoms with E-state index in [0.717, 1.165) is 16.9 Å². The van der Waals surface area contributed by atoms with Crippen LogP contribution in [0.2, 0.25) is 0 Å². The average Bonchev–Trinajstić information content (AvgIpc) is 3.48. The summed E-state index contributed by atoms with van der Waals surface area (Å²) < 4.78 is 9.72. The smallest absolute Gasteiger partial charge is 0.274 e. The van der Waals surface area contributed by atoms with Crippen molar-refractivity contribution in [1.29, 1.82) is 5.26 Å². The Kier molecular flexibility index (Phi) is 16.7. The van der Waals surface area contributed by atoms with Crippen LogP contribution < -0.4 is 26.0 Å². The first-order chi connectivity index (χ1) is 22.1. The molecule has 13 nitrogen and oxygen atoms in total. The number of nitriles is 1. The predicted octanol–water partition coefficient (Wildman–Crippen LogP) is 2.88. The molecule has 0 bridgehead atoms. The van der Waals surface area contributed by atoms with Crippen LogP contribution in [0.1, 0.15) is 55.1 Å². The second-order valence-electron chi connectivity index (χ2n) is 11.3. The van der Waals surface area contributed by atoms with Crippen molar-refractivity contribution in [1.82, 2.24) is 26.4 Å². The van der Waals surface area contributed by atoms with Gasteiger partial charge in [-0.1, -0.05) is 59.8 Å². The number of rotatable bonds is 10. The van der Waals surface area contributed by atoms with E-state index in [1.807, 2.05) is 82.3 Å². The summed E-state index contributed by atoms with van der Waals surface area (Å²) in [4.78, 5) is 47.2. The Hall–Kier alpha value is -5.48. The molecule has 4 amide bonds. The van der Waals surface area contributed by atoms with Crippen LogP contribution in [-0.4, -0.2) is 65.2 Å². The van der Waals surface area contributed by atoms with Gasteiger partial charge in [-0.05, 0) is 59.2 Å². The summed E-state index contributed by atoms with van der Waals surface area (Å²) in [6.45, 7) is 13.8. The molecule has 252 valence electrons. The number of nitrogens with one attached hydrogen (secondary N) is 4. The average molecular weight is 649 g/mol. The summed E-state index contributed by atoms with van der Waals surface area (Å²) in [5, 5.41) is 31.7. The molecule has 47 heavy (non-hydrogen) atoms. The molecule has 2 aromatic carbocycles. The molecule has 0 aliphatic rings. The molecule has 3 rings (SSSR count). The number of amides is 4. The van der Waals surface area contributed by atoms with Gasteiger partial charge in [0.25, 0.3) is 11.8 Å². The van der Waals surface area contributed by atoms with Gasteiger partial charge in [-0.25, -0.2) is 0 Å². The van der Waals surface area contributed by atoms with Gasteiger partial charge in [-0.3, -0.25) is 19.2 Å². The van der Waals surface area contributed by atoms with Crippen molar-refractivity contribution < 1.29 is 33.5 Å². The molecule has 0 unspecified atom stereocenters. The van der Waals surface area contributed by atoms with Gasteiger partial charge in [0.1, 0.15) is 29.2 Å². The van der Waals surface area contributed by atoms with Gasteiger partial charge in [0.2, 0.25) is 11.8 Å². The summed E-state index contributed by atoms with van der Waals surface area (Å²) in [5.74, 6) is -0.798. The first-order valence-electron chi connectivity index (χ1n) is 14.6. The molecular weight excluding hydrogens is 604 g/mol. The topological polar surface area (TPSA) is 196 Å². The fourth-order valence-corrected chi connectivity index (χ4v) is 3.36. The third-order valence-corrected chi connectivity index (χ3v) is 5.82. The Morgan fingerprint density at radius 3 is 2.13 bits per heavy atom. The number of aliphatic hydroxyl groups is 1. The van der Waals surface area contributed by atoms with Crippen LogP contribution in [0, 0.1) is 25.2 Å². The second-order valence-corrected chi connectivity index (χ2v) is 11.3. The zero-order valence-electron chi connectivity index (χ0n) is 27.8. The van der Waals surface area contributed by atoms with Crippen LogP contribution in [0.5, 0.6) is 5.75 Å². The molecule has 13 heteroatoms. The molecule has 0 fully saturated rings. The molecule has 0 spiro atoms. The van der Waals surface area contributed by atoms with E-state index < -0.39 is 35.8 Å². The molecule has 5 N–H and O–H groups in total. The monoisotopic (exact) mass is 648 g/mol. The third kappa shape index (κ3) is 16.4. The first-order valence-corrected chi connectivity index (χ1v) is 14.6. The lowest BCUT2D eigenvalue weighted by molar-refractivity contribution is -0.128. The first kappa shape index (κ1) is 39.5. The number of hydrogen-bond donors (Lipinski definition) is 5. The molecule has 3 aromatic rings. The summed E-state index contributed by atoms with van der Waals surface area (Å²) in [6, 6.07) is 19.2. The Bertz CT molecular complexity index is 1500. The van der Waals surface area contributed by atoms with E-state index in [-0.39, 0.29) is 23.4 Å². The van der Waals surface area contributed by atoms with E-state index in [1.54, 1.807) is 20.1 Å². The minimum absolute atomic E-state index is 0.00760. The van der Waals surface area contributed by atoms with E-state index in [9.17, 15) is 24.3 Å². The summed E-state index contributed by atoms with van der Waals surface area (Å²) >= 11 is 0. The maximum Gasteiger partial charge on any atom is 0.274 e. The van der Waals surface area contributed by atoms with E-state index in [2.05, 4.69) is 33.0 Å². The maximum atomic E-state index is 12.3. The summed E-state index contributed by atoms with van der Waals surface area (Å²) in [6.07, 6.45) is -1.17. The predicted molar refractivity (Wildman–Crippen MR) is 176 cm³/mol. The Morgan fingerprint density at radius 2 is 1.66 bits per heavy atom. The largest absolute Gasteiger partial charge is 0.497 e. The number of methoxy groups -OCH3 is 1. The number of carbonyl (C=O) groups excluding carboxylic acids is 4. The standard InChI is InChI=1S/C19H24N4O5.C8H12N2O.C7H8O/c1-11-4-6-14(7-5-11)9-20-16(25)10-21-19(27)17(13(3)24)22-18(26)15-8-12(2)28-23-15;1-6(5-9)7(11)10-8(2,3)4;1-8-7-5-3-2-4-6-7/h4-8,13,17,24H,9-10H2,1-3H3,(H,20,25)(H,21,27)(H,22,26);1H2,2-4H3,(H,10,11);2-6H,1H3/t13-,17+;;/m1../s1. The lowest BCUT2D eigenvalue weighted by atomic mass is 10.1. The number of para-hydroxylation sites is 1. The van der Waals surface area contributed by atoms with E-state index in [1.165, 1.54) is 13.0 Å². The van der Waals surface area contributed by atoms with Crippen LogP contribution >= 0.6 is 0 Å². The number of carbonyl (C=O) groups is 4. The van der Waals surface area contributed by atoms with Gasteiger partial charge in [0.15, 0.2) is 5.69 Å². The van der Waals surface area contributed by atoms with Crippen LogP contribution in [0.25, 0.3) is 0 Å². The van der Waals surface area contributed by atoms with Gasteiger partial charge in [-0.15, -0.1) is 0 Å². The normalized spacial score (nSPS) is 11.4. The number of aliphatic hydroxyl groups excluding tert-OH is 1. The van der Waals surface area contributed by atoms with Gasteiger partial charge in [0, 0.05) is 18.2 Å². The highest BCUT2D eigenvalue weighted by Crippen LogP contribution is 2.06. The highest BCUT2D eigenvalue weighted by atomic mass is 16.5. The minimum atomic E-state index is -1.24. The van der Waals surface area contributed by atoms with E-state index in [4.69, 9.17) is 14.5 Å². The zero-order chi connectivity index (χ0) is 35.6. The molecule has 0 saturated carbocycles. The van der Waals surface area contributed by atoms with Crippen molar-refractivity contribution >= 4 is 23.6 Å². The second kappa shape index (κ2) is 19.8. The highest BCUT2D eigenvalue weighted by molar-refractivity contribution is 5.97. The van der Waals surface area contributed by atoms with E-state index in [0.29, 0.717) is 12.3 Å². The molecule has 0 radical (unpaired) electrons. The highest BCUT2D eigenvalue weighted by Gasteiger charge is 2.27.